The van der Waals surface area contributed by atoms with E-state index in [-0.39, 0.29) is 31.2 Å². The fourth-order valence-electron chi connectivity index (χ4n) is 3.90. The molecule has 9 heteroatoms. The van der Waals surface area contributed by atoms with Crippen molar-refractivity contribution in [3.63, 3.8) is 0 Å². The van der Waals surface area contributed by atoms with Crippen molar-refractivity contribution < 1.29 is 28.0 Å². The molecule has 2 unspecified atom stereocenters. The average Bonchev–Trinajstić information content (AvgIpc) is 3.35. The molecule has 0 spiro atoms. The summed E-state index contributed by atoms with van der Waals surface area (Å²) in [5.74, 6) is -1.65. The Morgan fingerprint density at radius 3 is 2.53 bits per heavy atom. The van der Waals surface area contributed by atoms with Crippen LogP contribution in [-0.2, 0) is 27.1 Å². The van der Waals surface area contributed by atoms with E-state index >= 15 is 0 Å². The molecule has 0 aliphatic carbocycles. The summed E-state index contributed by atoms with van der Waals surface area (Å²) < 4.78 is 29.9. The van der Waals surface area contributed by atoms with E-state index in [0.717, 1.165) is 5.56 Å². The van der Waals surface area contributed by atoms with Gasteiger partial charge in [0.25, 0.3) is 5.91 Å². The summed E-state index contributed by atoms with van der Waals surface area (Å²) in [4.78, 5) is 25.4. The van der Waals surface area contributed by atoms with Crippen LogP contribution in [0.15, 0.2) is 53.1 Å². The van der Waals surface area contributed by atoms with Gasteiger partial charge >= 0.3 is 5.97 Å². The van der Waals surface area contributed by atoms with Crippen molar-refractivity contribution in [3.05, 3.63) is 76.4 Å². The third-order valence-corrected chi connectivity index (χ3v) is 5.95. The van der Waals surface area contributed by atoms with Crippen molar-refractivity contribution in [2.75, 3.05) is 20.3 Å². The first-order chi connectivity index (χ1) is 17.3. The van der Waals surface area contributed by atoms with Gasteiger partial charge in [0, 0.05) is 29.8 Å². The standard InChI is InChI=1S/C27H30ClFN2O5/c1-4-21-15-25(36-31-21)26(32)30-22(13-19(16-34-3)27(33)35-5-2)12-17-6-8-18(9-7-17)23-14-20(28)10-11-24(23)29/h6-11,14-15,19,22H,4-5,12-13,16H2,1-3H3,(H,30,32). The predicted octanol–water partition coefficient (Wildman–Crippen LogP) is 5.25. The first-order valence-electron chi connectivity index (χ1n) is 11.8. The number of rotatable bonds is 12. The van der Waals surface area contributed by atoms with Crippen LogP contribution in [-0.4, -0.2) is 43.4 Å². The van der Waals surface area contributed by atoms with Crippen molar-refractivity contribution >= 4 is 23.5 Å². The minimum Gasteiger partial charge on any atom is -0.466 e. The molecule has 2 aromatic carbocycles. The van der Waals surface area contributed by atoms with E-state index in [1.54, 1.807) is 31.2 Å². The number of amides is 1. The molecule has 0 bridgehead atoms. The lowest BCUT2D eigenvalue weighted by Gasteiger charge is -2.23. The Labute approximate surface area is 214 Å². The van der Waals surface area contributed by atoms with Gasteiger partial charge in [-0.2, -0.15) is 0 Å². The highest BCUT2D eigenvalue weighted by Gasteiger charge is 2.27. The number of benzene rings is 2. The summed E-state index contributed by atoms with van der Waals surface area (Å²) in [5.41, 5.74) is 2.64. The summed E-state index contributed by atoms with van der Waals surface area (Å²) in [6.45, 7) is 4.05. The van der Waals surface area contributed by atoms with Crippen LogP contribution < -0.4 is 5.32 Å². The fraction of sp³-hybridized carbons (Fsp3) is 0.370. The molecule has 1 N–H and O–H groups in total. The van der Waals surface area contributed by atoms with E-state index in [4.69, 9.17) is 25.6 Å². The van der Waals surface area contributed by atoms with Crippen molar-refractivity contribution in [2.24, 2.45) is 5.92 Å². The predicted molar refractivity (Wildman–Crippen MR) is 134 cm³/mol. The normalized spacial score (nSPS) is 12.7. The highest BCUT2D eigenvalue weighted by atomic mass is 35.5. The zero-order valence-corrected chi connectivity index (χ0v) is 21.3. The highest BCUT2D eigenvalue weighted by molar-refractivity contribution is 6.30. The summed E-state index contributed by atoms with van der Waals surface area (Å²) in [7, 11) is 1.51. The lowest BCUT2D eigenvalue weighted by Crippen LogP contribution is -2.40. The van der Waals surface area contributed by atoms with E-state index in [2.05, 4.69) is 10.5 Å². The summed E-state index contributed by atoms with van der Waals surface area (Å²) >= 11 is 6.03. The van der Waals surface area contributed by atoms with E-state index in [1.165, 1.54) is 19.2 Å². The fourth-order valence-corrected chi connectivity index (χ4v) is 4.07. The molecule has 0 radical (unpaired) electrons. The Morgan fingerprint density at radius 1 is 1.14 bits per heavy atom. The molecule has 3 rings (SSSR count). The number of carbonyl (C=O) groups excluding carboxylic acids is 2. The van der Waals surface area contributed by atoms with Gasteiger partial charge in [0.1, 0.15) is 5.82 Å². The zero-order valence-electron chi connectivity index (χ0n) is 20.6. The smallest absolute Gasteiger partial charge is 0.311 e. The minimum absolute atomic E-state index is 0.100. The summed E-state index contributed by atoms with van der Waals surface area (Å²) in [6, 6.07) is 12.9. The van der Waals surface area contributed by atoms with Gasteiger partial charge in [0.15, 0.2) is 0 Å². The van der Waals surface area contributed by atoms with Gasteiger partial charge in [-0.3, -0.25) is 9.59 Å². The number of nitrogens with zero attached hydrogens (tertiary/aromatic N) is 1. The number of carbonyl (C=O) groups is 2. The number of esters is 1. The number of hydrogen-bond donors (Lipinski definition) is 1. The molecule has 1 amide bonds. The van der Waals surface area contributed by atoms with Crippen LogP contribution in [0.3, 0.4) is 0 Å². The minimum atomic E-state index is -0.569. The summed E-state index contributed by atoms with van der Waals surface area (Å²) in [5, 5.41) is 7.27. The number of aromatic nitrogens is 1. The SMILES string of the molecule is CCOC(=O)C(COC)CC(Cc1ccc(-c2cc(Cl)ccc2F)cc1)NC(=O)c1cc(CC)no1. The monoisotopic (exact) mass is 516 g/mol. The number of aryl methyl sites for hydroxylation is 1. The van der Waals surface area contributed by atoms with E-state index in [1.807, 2.05) is 19.1 Å². The van der Waals surface area contributed by atoms with E-state index in [0.29, 0.717) is 34.7 Å². The topological polar surface area (TPSA) is 90.7 Å². The van der Waals surface area contributed by atoms with Crippen LogP contribution in [0, 0.1) is 11.7 Å². The van der Waals surface area contributed by atoms with Gasteiger partial charge in [-0.15, -0.1) is 0 Å². The molecular formula is C27H30ClFN2O5. The second-order valence-electron chi connectivity index (χ2n) is 8.37. The van der Waals surface area contributed by atoms with Crippen LogP contribution in [0.4, 0.5) is 4.39 Å². The molecule has 192 valence electrons. The van der Waals surface area contributed by atoms with Crippen molar-refractivity contribution in [3.8, 4) is 11.1 Å². The zero-order chi connectivity index (χ0) is 26.1. The molecule has 1 aromatic heterocycles. The van der Waals surface area contributed by atoms with Crippen LogP contribution >= 0.6 is 11.6 Å². The second-order valence-corrected chi connectivity index (χ2v) is 8.81. The molecule has 2 atom stereocenters. The first kappa shape index (κ1) is 27.4. The van der Waals surface area contributed by atoms with Gasteiger partial charge < -0.3 is 19.3 Å². The van der Waals surface area contributed by atoms with Crippen LogP contribution in [0.1, 0.15) is 42.1 Å². The molecule has 0 aliphatic heterocycles. The molecule has 7 nitrogen and oxygen atoms in total. The molecule has 0 saturated carbocycles. The Morgan fingerprint density at radius 2 is 1.89 bits per heavy atom. The number of halogens is 2. The van der Waals surface area contributed by atoms with Crippen molar-refractivity contribution in [2.45, 2.75) is 39.2 Å². The van der Waals surface area contributed by atoms with E-state index in [9.17, 15) is 14.0 Å². The van der Waals surface area contributed by atoms with E-state index < -0.39 is 23.8 Å². The molecule has 0 fully saturated rings. The van der Waals surface area contributed by atoms with Crippen LogP contribution in [0.5, 0.6) is 0 Å². The maximum Gasteiger partial charge on any atom is 0.311 e. The Hall–Kier alpha value is -3.23. The van der Waals surface area contributed by atoms with Gasteiger partial charge in [-0.1, -0.05) is 47.9 Å². The quantitative estimate of drug-likeness (QED) is 0.330. The highest BCUT2D eigenvalue weighted by Crippen LogP contribution is 2.27. The third-order valence-electron chi connectivity index (χ3n) is 5.71. The Bertz CT molecular complexity index is 1170. The lowest BCUT2D eigenvalue weighted by atomic mass is 9.94. The van der Waals surface area contributed by atoms with Gasteiger partial charge in [0.05, 0.1) is 24.8 Å². The van der Waals surface area contributed by atoms with Gasteiger partial charge in [-0.05, 0) is 55.5 Å². The molecule has 36 heavy (non-hydrogen) atoms. The molecule has 1 heterocycles. The molecule has 0 aliphatic rings. The number of methoxy groups -OCH3 is 1. The van der Waals surface area contributed by atoms with Crippen molar-refractivity contribution in [1.29, 1.82) is 0 Å². The molecule has 3 aromatic rings. The average molecular weight is 517 g/mol. The maximum absolute atomic E-state index is 14.3. The number of ether oxygens (including phenoxy) is 2. The van der Waals surface area contributed by atoms with Gasteiger partial charge in [-0.25, -0.2) is 4.39 Å². The Kier molecular flexibility index (Phi) is 10.0. The third kappa shape index (κ3) is 7.38. The molecule has 0 saturated heterocycles. The van der Waals surface area contributed by atoms with Gasteiger partial charge in [0.2, 0.25) is 5.76 Å². The van der Waals surface area contributed by atoms with Crippen molar-refractivity contribution in [1.82, 2.24) is 10.5 Å². The number of hydrogen-bond acceptors (Lipinski definition) is 6. The largest absolute Gasteiger partial charge is 0.466 e. The first-order valence-corrected chi connectivity index (χ1v) is 12.2. The second kappa shape index (κ2) is 13.2. The lowest BCUT2D eigenvalue weighted by molar-refractivity contribution is -0.150. The summed E-state index contributed by atoms with van der Waals surface area (Å²) in [6.07, 6.45) is 1.34. The number of nitrogens with one attached hydrogen (secondary N) is 1. The Balaban J connectivity index is 1.81. The maximum atomic E-state index is 14.3. The molecular weight excluding hydrogens is 487 g/mol. The van der Waals surface area contributed by atoms with Crippen LogP contribution in [0.2, 0.25) is 5.02 Å². The van der Waals surface area contributed by atoms with Crippen LogP contribution in [0.25, 0.3) is 11.1 Å².